The second-order valence-electron chi connectivity index (χ2n) is 6.10. The Morgan fingerprint density at radius 1 is 1.07 bits per heavy atom. The number of hydrogen-bond acceptors (Lipinski definition) is 5. The highest BCUT2D eigenvalue weighted by Gasteiger charge is 2.12. The molecule has 3 aromatic rings. The molecular weight excluding hydrogens is 340 g/mol. The fraction of sp³-hybridized carbons (Fsp3) is 0.190. The molecule has 3 rings (SSSR count). The molecule has 1 heterocycles. The van der Waals surface area contributed by atoms with Gasteiger partial charge in [-0.15, -0.1) is 0 Å². The highest BCUT2D eigenvalue weighted by atomic mass is 16.5. The van der Waals surface area contributed by atoms with Crippen molar-refractivity contribution in [3.05, 3.63) is 83.8 Å². The first-order chi connectivity index (χ1) is 13.2. The molecule has 0 aliphatic rings. The standard InChI is InChI=1S/C21H22N4O2/c1-25(14-16-8-4-3-5-9-16)20-12-18(23-15-24-20)21(26)22-13-17-10-6-7-11-19(17)27-2/h3-12,15H,13-14H2,1-2H3,(H,22,26). The van der Waals surface area contributed by atoms with Crippen LogP contribution in [0.4, 0.5) is 5.82 Å². The monoisotopic (exact) mass is 362 g/mol. The number of rotatable bonds is 7. The summed E-state index contributed by atoms with van der Waals surface area (Å²) in [4.78, 5) is 22.9. The summed E-state index contributed by atoms with van der Waals surface area (Å²) in [5.74, 6) is 1.18. The Bertz CT molecular complexity index is 899. The van der Waals surface area contributed by atoms with Crippen molar-refractivity contribution >= 4 is 11.7 Å². The Hall–Kier alpha value is -3.41. The van der Waals surface area contributed by atoms with Crippen LogP contribution in [0.5, 0.6) is 5.75 Å². The van der Waals surface area contributed by atoms with Crippen LogP contribution >= 0.6 is 0 Å². The predicted octanol–water partition coefficient (Wildman–Crippen LogP) is 3.05. The Labute approximate surface area is 158 Å². The Morgan fingerprint density at radius 2 is 1.81 bits per heavy atom. The molecule has 0 aliphatic carbocycles. The van der Waals surface area contributed by atoms with E-state index in [9.17, 15) is 4.79 Å². The molecule has 6 nitrogen and oxygen atoms in total. The summed E-state index contributed by atoms with van der Waals surface area (Å²) in [6.45, 7) is 1.06. The van der Waals surface area contributed by atoms with Gasteiger partial charge in [0, 0.05) is 31.8 Å². The second kappa shape index (κ2) is 8.80. The summed E-state index contributed by atoms with van der Waals surface area (Å²) in [5, 5.41) is 2.88. The fourth-order valence-electron chi connectivity index (χ4n) is 2.73. The van der Waals surface area contributed by atoms with Crippen LogP contribution in [0.25, 0.3) is 0 Å². The van der Waals surface area contributed by atoms with E-state index in [1.54, 1.807) is 13.2 Å². The quantitative estimate of drug-likeness (QED) is 0.700. The highest BCUT2D eigenvalue weighted by molar-refractivity contribution is 5.92. The molecule has 0 unspecified atom stereocenters. The van der Waals surface area contributed by atoms with Crippen molar-refractivity contribution in [2.75, 3.05) is 19.1 Å². The molecule has 27 heavy (non-hydrogen) atoms. The number of carbonyl (C=O) groups excluding carboxylic acids is 1. The topological polar surface area (TPSA) is 67.3 Å². The third kappa shape index (κ3) is 4.82. The molecule has 0 radical (unpaired) electrons. The molecule has 2 aromatic carbocycles. The van der Waals surface area contributed by atoms with Crippen molar-refractivity contribution in [3.8, 4) is 5.75 Å². The number of para-hydroxylation sites is 1. The first-order valence-electron chi connectivity index (χ1n) is 8.64. The summed E-state index contributed by atoms with van der Waals surface area (Å²) in [5.41, 5.74) is 2.40. The van der Waals surface area contributed by atoms with Gasteiger partial charge in [-0.05, 0) is 11.6 Å². The minimum Gasteiger partial charge on any atom is -0.496 e. The van der Waals surface area contributed by atoms with Crippen LogP contribution in [-0.2, 0) is 13.1 Å². The van der Waals surface area contributed by atoms with E-state index < -0.39 is 0 Å². The summed E-state index contributed by atoms with van der Waals surface area (Å²) in [6, 6.07) is 19.4. The third-order valence-corrected chi connectivity index (χ3v) is 4.17. The number of carbonyl (C=O) groups is 1. The van der Waals surface area contributed by atoms with Crippen molar-refractivity contribution in [1.82, 2.24) is 15.3 Å². The number of ether oxygens (including phenoxy) is 1. The molecule has 6 heteroatoms. The molecule has 0 spiro atoms. The summed E-state index contributed by atoms with van der Waals surface area (Å²) < 4.78 is 5.31. The lowest BCUT2D eigenvalue weighted by atomic mass is 10.2. The van der Waals surface area contributed by atoms with Gasteiger partial charge in [0.15, 0.2) is 0 Å². The van der Waals surface area contributed by atoms with E-state index in [1.807, 2.05) is 54.4 Å². The third-order valence-electron chi connectivity index (χ3n) is 4.17. The zero-order valence-corrected chi connectivity index (χ0v) is 15.4. The van der Waals surface area contributed by atoms with Gasteiger partial charge in [0.2, 0.25) is 0 Å². The number of aromatic nitrogens is 2. The van der Waals surface area contributed by atoms with Crippen LogP contribution in [0, 0.1) is 0 Å². The average Bonchev–Trinajstić information content (AvgIpc) is 2.73. The lowest BCUT2D eigenvalue weighted by Gasteiger charge is -2.18. The second-order valence-corrected chi connectivity index (χ2v) is 6.10. The van der Waals surface area contributed by atoms with E-state index in [4.69, 9.17) is 4.74 Å². The molecule has 138 valence electrons. The summed E-state index contributed by atoms with van der Waals surface area (Å²) in [6.07, 6.45) is 1.41. The fourth-order valence-corrected chi connectivity index (χ4v) is 2.73. The number of amides is 1. The van der Waals surface area contributed by atoms with Crippen molar-refractivity contribution in [2.24, 2.45) is 0 Å². The first kappa shape index (κ1) is 18.4. The van der Waals surface area contributed by atoms with Crippen LogP contribution in [0.2, 0.25) is 0 Å². The van der Waals surface area contributed by atoms with Crippen LogP contribution in [0.3, 0.4) is 0 Å². The average molecular weight is 362 g/mol. The molecule has 1 amide bonds. The predicted molar refractivity (Wildman–Crippen MR) is 105 cm³/mol. The van der Waals surface area contributed by atoms with E-state index >= 15 is 0 Å². The number of hydrogen-bond donors (Lipinski definition) is 1. The molecular formula is C21H22N4O2. The maximum atomic E-state index is 12.5. The SMILES string of the molecule is COc1ccccc1CNC(=O)c1cc(N(C)Cc2ccccc2)ncn1. The lowest BCUT2D eigenvalue weighted by Crippen LogP contribution is -2.25. The Morgan fingerprint density at radius 3 is 2.59 bits per heavy atom. The molecule has 0 aliphatic heterocycles. The number of anilines is 1. The maximum absolute atomic E-state index is 12.5. The van der Waals surface area contributed by atoms with Crippen LogP contribution in [0.1, 0.15) is 21.6 Å². The van der Waals surface area contributed by atoms with Crippen molar-refractivity contribution in [1.29, 1.82) is 0 Å². The van der Waals surface area contributed by atoms with Gasteiger partial charge in [-0.3, -0.25) is 4.79 Å². The normalized spacial score (nSPS) is 10.3. The zero-order chi connectivity index (χ0) is 19.1. The number of methoxy groups -OCH3 is 1. The van der Waals surface area contributed by atoms with E-state index in [1.165, 1.54) is 11.9 Å². The van der Waals surface area contributed by atoms with Crippen molar-refractivity contribution < 1.29 is 9.53 Å². The minimum atomic E-state index is -0.252. The number of nitrogens with one attached hydrogen (secondary N) is 1. The summed E-state index contributed by atoms with van der Waals surface area (Å²) >= 11 is 0. The van der Waals surface area contributed by atoms with Crippen molar-refractivity contribution in [2.45, 2.75) is 13.1 Å². The maximum Gasteiger partial charge on any atom is 0.270 e. The highest BCUT2D eigenvalue weighted by Crippen LogP contribution is 2.17. The number of nitrogens with zero attached hydrogens (tertiary/aromatic N) is 3. The minimum absolute atomic E-state index is 0.252. The molecule has 0 bridgehead atoms. The van der Waals surface area contributed by atoms with Crippen LogP contribution in [-0.4, -0.2) is 30.0 Å². The van der Waals surface area contributed by atoms with Crippen LogP contribution in [0.15, 0.2) is 67.0 Å². The van der Waals surface area contributed by atoms with Gasteiger partial charge in [0.1, 0.15) is 23.6 Å². The zero-order valence-electron chi connectivity index (χ0n) is 15.4. The van der Waals surface area contributed by atoms with Gasteiger partial charge in [0.25, 0.3) is 5.91 Å². The van der Waals surface area contributed by atoms with E-state index in [2.05, 4.69) is 27.4 Å². The van der Waals surface area contributed by atoms with Gasteiger partial charge in [-0.1, -0.05) is 48.5 Å². The van der Waals surface area contributed by atoms with Gasteiger partial charge < -0.3 is 15.0 Å². The van der Waals surface area contributed by atoms with E-state index in [0.717, 1.165) is 11.3 Å². The van der Waals surface area contributed by atoms with Gasteiger partial charge in [-0.2, -0.15) is 0 Å². The molecule has 0 saturated carbocycles. The molecule has 0 fully saturated rings. The number of benzene rings is 2. The molecule has 0 saturated heterocycles. The van der Waals surface area contributed by atoms with Gasteiger partial charge in [-0.25, -0.2) is 9.97 Å². The first-order valence-corrected chi connectivity index (χ1v) is 8.64. The molecule has 1 aromatic heterocycles. The van der Waals surface area contributed by atoms with Gasteiger partial charge >= 0.3 is 0 Å². The van der Waals surface area contributed by atoms with Crippen LogP contribution < -0.4 is 15.0 Å². The molecule has 1 N–H and O–H groups in total. The Kier molecular flexibility index (Phi) is 5.99. The van der Waals surface area contributed by atoms with E-state index in [-0.39, 0.29) is 5.91 Å². The van der Waals surface area contributed by atoms with Gasteiger partial charge in [0.05, 0.1) is 7.11 Å². The lowest BCUT2D eigenvalue weighted by molar-refractivity contribution is 0.0945. The summed E-state index contributed by atoms with van der Waals surface area (Å²) in [7, 11) is 3.55. The smallest absolute Gasteiger partial charge is 0.270 e. The van der Waals surface area contributed by atoms with E-state index in [0.29, 0.717) is 24.6 Å². The Balaban J connectivity index is 1.66. The molecule has 0 atom stereocenters. The van der Waals surface area contributed by atoms with Crippen molar-refractivity contribution in [3.63, 3.8) is 0 Å². The largest absolute Gasteiger partial charge is 0.496 e.